The highest BCUT2D eigenvalue weighted by atomic mass is 16.5. The van der Waals surface area contributed by atoms with Crippen LogP contribution in [0.15, 0.2) is 42.5 Å². The molecule has 2 N–H and O–H groups in total. The minimum atomic E-state index is -0.666. The van der Waals surface area contributed by atoms with Crippen molar-refractivity contribution in [1.82, 2.24) is 10.4 Å². The molecule has 0 aromatic heterocycles. The zero-order chi connectivity index (χ0) is 18.7. The van der Waals surface area contributed by atoms with Crippen LogP contribution in [0.3, 0.4) is 0 Å². The lowest BCUT2D eigenvalue weighted by molar-refractivity contribution is -0.137. The van der Waals surface area contributed by atoms with Crippen LogP contribution in [0, 0.1) is 0 Å². The number of hydroxylamine groups is 1. The van der Waals surface area contributed by atoms with E-state index in [1.165, 1.54) is 12.0 Å². The number of carbonyl (C=O) groups is 2. The lowest BCUT2D eigenvalue weighted by atomic mass is 9.97. The van der Waals surface area contributed by atoms with Gasteiger partial charge in [-0.25, -0.2) is 5.48 Å². The van der Waals surface area contributed by atoms with E-state index >= 15 is 0 Å². The Morgan fingerprint density at radius 2 is 1.88 bits per heavy atom. The maximum absolute atomic E-state index is 12.9. The summed E-state index contributed by atoms with van der Waals surface area (Å²) >= 11 is 0. The average Bonchev–Trinajstić information content (AvgIpc) is 2.66. The molecule has 0 bridgehead atoms. The monoisotopic (exact) mass is 356 g/mol. The molecule has 7 nitrogen and oxygen atoms in total. The Morgan fingerprint density at radius 3 is 2.42 bits per heavy atom. The van der Waals surface area contributed by atoms with Crippen molar-refractivity contribution in [1.29, 1.82) is 0 Å². The lowest BCUT2D eigenvalue weighted by Crippen LogP contribution is -2.57. The molecule has 1 fully saturated rings. The number of nitrogens with one attached hydrogen (secondary N) is 1. The summed E-state index contributed by atoms with van der Waals surface area (Å²) in [5.41, 5.74) is 3.59. The van der Waals surface area contributed by atoms with E-state index in [1.54, 1.807) is 24.7 Å². The number of amides is 2. The van der Waals surface area contributed by atoms with Crippen LogP contribution in [0.2, 0.25) is 0 Å². The van der Waals surface area contributed by atoms with Gasteiger partial charge in [-0.15, -0.1) is 0 Å². The van der Waals surface area contributed by atoms with Crippen molar-refractivity contribution in [2.24, 2.45) is 0 Å². The van der Waals surface area contributed by atoms with Gasteiger partial charge in [0, 0.05) is 17.7 Å². The first kappa shape index (κ1) is 17.8. The molecule has 26 heavy (non-hydrogen) atoms. The normalized spacial score (nSPS) is 15.8. The molecule has 1 aliphatic heterocycles. The van der Waals surface area contributed by atoms with Crippen LogP contribution in [0.1, 0.15) is 16.8 Å². The lowest BCUT2D eigenvalue weighted by Gasteiger charge is -2.39. The minimum Gasteiger partial charge on any atom is -0.493 e. The van der Waals surface area contributed by atoms with E-state index in [9.17, 15) is 9.59 Å². The van der Waals surface area contributed by atoms with Gasteiger partial charge in [0.15, 0.2) is 11.5 Å². The molecular formula is C19H20N2O5. The largest absolute Gasteiger partial charge is 0.493 e. The second-order valence-electron chi connectivity index (χ2n) is 5.90. The van der Waals surface area contributed by atoms with Gasteiger partial charge in [0.2, 0.25) is 0 Å². The van der Waals surface area contributed by atoms with E-state index in [0.717, 1.165) is 11.1 Å². The highest BCUT2D eigenvalue weighted by Gasteiger charge is 2.38. The Balaban J connectivity index is 2.03. The summed E-state index contributed by atoms with van der Waals surface area (Å²) in [5, 5.41) is 8.81. The standard InChI is InChI=1S/C19H20N2O5/c1-25-16-11-13(19(23)21-9-8-15(21)18(22)20-24)10-14(17(16)26-2)12-6-4-3-5-7-12/h3-7,10-11,15,24H,8-9H2,1-2H3,(H,20,22)/t15-/m1/s1. The number of benzene rings is 2. The minimum absolute atomic E-state index is 0.303. The number of likely N-dealkylation sites (tertiary alicyclic amines) is 1. The fourth-order valence-corrected chi connectivity index (χ4v) is 3.06. The SMILES string of the molecule is COc1cc(C(=O)N2CC[C@@H]2C(=O)NO)cc(-c2ccccc2)c1OC. The van der Waals surface area contributed by atoms with Crippen molar-refractivity contribution in [3.63, 3.8) is 0 Å². The molecule has 3 rings (SSSR count). The summed E-state index contributed by atoms with van der Waals surface area (Å²) in [6.07, 6.45) is 0.511. The van der Waals surface area contributed by atoms with Crippen LogP contribution >= 0.6 is 0 Å². The predicted octanol–water partition coefficient (Wildman–Crippen LogP) is 2.09. The number of hydrogen-bond donors (Lipinski definition) is 2. The molecule has 0 aliphatic carbocycles. The first-order valence-electron chi connectivity index (χ1n) is 8.17. The van der Waals surface area contributed by atoms with Crippen molar-refractivity contribution >= 4 is 11.8 Å². The van der Waals surface area contributed by atoms with Gasteiger partial charge in [0.25, 0.3) is 11.8 Å². The number of carbonyl (C=O) groups excluding carboxylic acids is 2. The molecule has 1 heterocycles. The molecule has 136 valence electrons. The molecule has 2 aromatic rings. The number of methoxy groups -OCH3 is 2. The Bertz CT molecular complexity index is 822. The van der Waals surface area contributed by atoms with Gasteiger partial charge in [0.1, 0.15) is 6.04 Å². The summed E-state index contributed by atoms with van der Waals surface area (Å²) in [5.74, 6) is 0.0701. The third-order valence-electron chi connectivity index (χ3n) is 4.50. The summed E-state index contributed by atoms with van der Waals surface area (Å²) in [7, 11) is 3.05. The Kier molecular flexibility index (Phi) is 5.09. The van der Waals surface area contributed by atoms with Crippen LogP contribution < -0.4 is 15.0 Å². The molecule has 2 aromatic carbocycles. The summed E-state index contributed by atoms with van der Waals surface area (Å²) in [6, 6.07) is 12.2. The summed E-state index contributed by atoms with van der Waals surface area (Å²) in [6.45, 7) is 0.450. The van der Waals surface area contributed by atoms with E-state index in [2.05, 4.69) is 0 Å². The van der Waals surface area contributed by atoms with E-state index in [-0.39, 0.29) is 5.91 Å². The Morgan fingerprint density at radius 1 is 1.15 bits per heavy atom. The molecule has 1 saturated heterocycles. The van der Waals surface area contributed by atoms with E-state index in [0.29, 0.717) is 30.0 Å². The number of hydrogen-bond acceptors (Lipinski definition) is 5. The summed E-state index contributed by atoms with van der Waals surface area (Å²) in [4.78, 5) is 25.9. The quantitative estimate of drug-likeness (QED) is 0.633. The molecule has 0 radical (unpaired) electrons. The van der Waals surface area contributed by atoms with Crippen LogP contribution in [0.4, 0.5) is 0 Å². The smallest absolute Gasteiger partial charge is 0.266 e. The van der Waals surface area contributed by atoms with Gasteiger partial charge < -0.3 is 14.4 Å². The van der Waals surface area contributed by atoms with Gasteiger partial charge in [-0.05, 0) is 24.1 Å². The van der Waals surface area contributed by atoms with Crippen LogP contribution in [-0.4, -0.2) is 48.7 Å². The van der Waals surface area contributed by atoms with Crippen molar-refractivity contribution in [3.05, 3.63) is 48.0 Å². The predicted molar refractivity (Wildman–Crippen MR) is 94.4 cm³/mol. The molecule has 1 atom stereocenters. The van der Waals surface area contributed by atoms with Crippen LogP contribution in [0.5, 0.6) is 11.5 Å². The molecule has 2 amide bonds. The van der Waals surface area contributed by atoms with Crippen molar-refractivity contribution in [3.8, 4) is 22.6 Å². The topological polar surface area (TPSA) is 88.1 Å². The third kappa shape index (κ3) is 3.09. The van der Waals surface area contributed by atoms with Gasteiger partial charge in [-0.3, -0.25) is 14.8 Å². The fraction of sp³-hybridized carbons (Fsp3) is 0.263. The first-order chi connectivity index (χ1) is 12.6. The second kappa shape index (κ2) is 7.45. The molecular weight excluding hydrogens is 336 g/mol. The van der Waals surface area contributed by atoms with Gasteiger partial charge in [-0.1, -0.05) is 30.3 Å². The van der Waals surface area contributed by atoms with Crippen LogP contribution in [-0.2, 0) is 4.79 Å². The second-order valence-corrected chi connectivity index (χ2v) is 5.90. The van der Waals surface area contributed by atoms with Gasteiger partial charge in [-0.2, -0.15) is 0 Å². The fourth-order valence-electron chi connectivity index (χ4n) is 3.06. The van der Waals surface area contributed by atoms with Crippen molar-refractivity contribution < 1.29 is 24.3 Å². The number of ether oxygens (including phenoxy) is 2. The summed E-state index contributed by atoms with van der Waals surface area (Å²) < 4.78 is 10.9. The third-order valence-corrected chi connectivity index (χ3v) is 4.50. The van der Waals surface area contributed by atoms with Gasteiger partial charge in [0.05, 0.1) is 14.2 Å². The number of nitrogens with zero attached hydrogens (tertiary/aromatic N) is 1. The Labute approximate surface area is 151 Å². The molecule has 7 heteroatoms. The zero-order valence-corrected chi connectivity index (χ0v) is 14.6. The maximum atomic E-state index is 12.9. The molecule has 0 unspecified atom stereocenters. The zero-order valence-electron chi connectivity index (χ0n) is 14.6. The molecule has 1 aliphatic rings. The highest BCUT2D eigenvalue weighted by Crippen LogP contribution is 2.40. The van der Waals surface area contributed by atoms with Crippen molar-refractivity contribution in [2.45, 2.75) is 12.5 Å². The molecule has 0 saturated carbocycles. The van der Waals surface area contributed by atoms with E-state index < -0.39 is 11.9 Å². The van der Waals surface area contributed by atoms with Gasteiger partial charge >= 0.3 is 0 Å². The van der Waals surface area contributed by atoms with Crippen molar-refractivity contribution in [2.75, 3.05) is 20.8 Å². The van der Waals surface area contributed by atoms with Crippen LogP contribution in [0.25, 0.3) is 11.1 Å². The Hall–Kier alpha value is -3.06. The maximum Gasteiger partial charge on any atom is 0.266 e. The first-order valence-corrected chi connectivity index (χ1v) is 8.17. The van der Waals surface area contributed by atoms with E-state index in [4.69, 9.17) is 14.7 Å². The highest BCUT2D eigenvalue weighted by molar-refractivity contribution is 6.00. The average molecular weight is 356 g/mol. The number of rotatable bonds is 5. The molecule has 0 spiro atoms. The van der Waals surface area contributed by atoms with E-state index in [1.807, 2.05) is 30.3 Å².